The molecular formula is C23H23F2N5O3. The number of ether oxygens (including phenoxy) is 1. The predicted molar refractivity (Wildman–Crippen MR) is 118 cm³/mol. The van der Waals surface area contributed by atoms with E-state index in [1.165, 1.54) is 18.3 Å². The molecule has 4 rings (SSSR count). The standard InChI is InChI=1S/C23H23F2N5O3/c1-15(30-12-11-23(24,25)18(14-30)16-7-9-20(31)26-13-16)22(32)27-19-8-10-21(29-28-19)33-17-5-3-2-4-6-17/h2-10,13,15,18H,11-12,14H2,1H3,(H,26,31)(H,27,28,32)/t15?,18-/m1/s1. The van der Waals surface area contributed by atoms with Crippen LogP contribution in [0.3, 0.4) is 0 Å². The van der Waals surface area contributed by atoms with Gasteiger partial charge in [-0.2, -0.15) is 0 Å². The summed E-state index contributed by atoms with van der Waals surface area (Å²) in [6, 6.07) is 14.2. The van der Waals surface area contributed by atoms with Crippen molar-refractivity contribution >= 4 is 11.7 Å². The van der Waals surface area contributed by atoms with Crippen molar-refractivity contribution in [3.63, 3.8) is 0 Å². The number of piperidine rings is 1. The number of rotatable bonds is 6. The van der Waals surface area contributed by atoms with Crippen molar-refractivity contribution in [3.05, 3.63) is 76.7 Å². The van der Waals surface area contributed by atoms with E-state index in [1.54, 1.807) is 36.1 Å². The molecule has 1 unspecified atom stereocenters. The van der Waals surface area contributed by atoms with Crippen LogP contribution >= 0.6 is 0 Å². The van der Waals surface area contributed by atoms with Crippen LogP contribution in [-0.2, 0) is 4.79 Å². The van der Waals surface area contributed by atoms with E-state index < -0.39 is 17.9 Å². The first-order chi connectivity index (χ1) is 15.8. The number of carbonyl (C=O) groups is 1. The van der Waals surface area contributed by atoms with Gasteiger partial charge in [0.15, 0.2) is 5.82 Å². The number of H-pyrrole nitrogens is 1. The van der Waals surface area contributed by atoms with Crippen molar-refractivity contribution < 1.29 is 18.3 Å². The van der Waals surface area contributed by atoms with Crippen LogP contribution in [0.2, 0.25) is 0 Å². The van der Waals surface area contributed by atoms with E-state index in [2.05, 4.69) is 20.5 Å². The minimum absolute atomic E-state index is 0.0246. The fraction of sp³-hybridized carbons (Fsp3) is 0.304. The molecule has 1 saturated heterocycles. The topological polar surface area (TPSA) is 100 Å². The Labute approximate surface area is 188 Å². The highest BCUT2D eigenvalue weighted by atomic mass is 19.3. The number of hydrogen-bond acceptors (Lipinski definition) is 6. The van der Waals surface area contributed by atoms with Gasteiger partial charge >= 0.3 is 0 Å². The lowest BCUT2D eigenvalue weighted by atomic mass is 9.87. The SMILES string of the molecule is CC(C(=O)Nc1ccc(Oc2ccccc2)nn1)N1CCC(F)(F)[C@@H](c2ccc(=O)[nH]c2)C1. The fourth-order valence-corrected chi connectivity index (χ4v) is 3.71. The highest BCUT2D eigenvalue weighted by molar-refractivity contribution is 5.93. The summed E-state index contributed by atoms with van der Waals surface area (Å²) < 4.78 is 34.7. The summed E-state index contributed by atoms with van der Waals surface area (Å²) in [5, 5.41) is 10.6. The summed E-state index contributed by atoms with van der Waals surface area (Å²) >= 11 is 0. The zero-order valence-corrected chi connectivity index (χ0v) is 17.9. The maximum absolute atomic E-state index is 14.6. The Morgan fingerprint density at radius 3 is 2.64 bits per heavy atom. The monoisotopic (exact) mass is 455 g/mol. The first kappa shape index (κ1) is 22.5. The molecule has 0 radical (unpaired) electrons. The van der Waals surface area contributed by atoms with Crippen LogP contribution in [0.5, 0.6) is 11.6 Å². The Kier molecular flexibility index (Phi) is 6.45. The number of aromatic amines is 1. The molecule has 33 heavy (non-hydrogen) atoms. The third-order valence-electron chi connectivity index (χ3n) is 5.65. The van der Waals surface area contributed by atoms with E-state index in [-0.39, 0.29) is 42.7 Å². The Bertz CT molecular complexity index is 1130. The second-order valence-corrected chi connectivity index (χ2v) is 7.88. The van der Waals surface area contributed by atoms with Gasteiger partial charge in [-0.3, -0.25) is 14.5 Å². The fourth-order valence-electron chi connectivity index (χ4n) is 3.71. The molecule has 1 aliphatic heterocycles. The minimum Gasteiger partial charge on any atom is -0.438 e. The molecule has 0 aliphatic carbocycles. The van der Waals surface area contributed by atoms with Crippen molar-refractivity contribution in [3.8, 4) is 11.6 Å². The molecule has 8 nitrogen and oxygen atoms in total. The lowest BCUT2D eigenvalue weighted by Crippen LogP contribution is -2.52. The molecule has 3 aromatic rings. The second-order valence-electron chi connectivity index (χ2n) is 7.88. The van der Waals surface area contributed by atoms with Crippen molar-refractivity contribution in [2.45, 2.75) is 31.2 Å². The maximum Gasteiger partial charge on any atom is 0.257 e. The number of alkyl halides is 2. The first-order valence-electron chi connectivity index (χ1n) is 10.5. The molecule has 3 heterocycles. The Hall–Kier alpha value is -3.66. The van der Waals surface area contributed by atoms with Crippen molar-refractivity contribution in [2.24, 2.45) is 0 Å². The number of benzene rings is 1. The van der Waals surface area contributed by atoms with Gasteiger partial charge in [-0.05, 0) is 30.7 Å². The molecule has 1 aromatic carbocycles. The van der Waals surface area contributed by atoms with Gasteiger partial charge in [0.05, 0.1) is 12.0 Å². The zero-order valence-electron chi connectivity index (χ0n) is 17.9. The average molecular weight is 455 g/mol. The number of carbonyl (C=O) groups excluding carboxylic acids is 1. The van der Waals surface area contributed by atoms with Crippen LogP contribution in [0.25, 0.3) is 0 Å². The Balaban J connectivity index is 1.39. The number of hydrogen-bond donors (Lipinski definition) is 2. The molecule has 1 aliphatic rings. The molecule has 1 amide bonds. The van der Waals surface area contributed by atoms with Crippen LogP contribution in [0.15, 0.2) is 65.6 Å². The molecule has 172 valence electrons. The molecule has 10 heteroatoms. The van der Waals surface area contributed by atoms with E-state index in [9.17, 15) is 18.4 Å². The summed E-state index contributed by atoms with van der Waals surface area (Å²) in [5.74, 6) is -3.35. The zero-order chi connectivity index (χ0) is 23.4. The molecule has 0 spiro atoms. The summed E-state index contributed by atoms with van der Waals surface area (Å²) in [7, 11) is 0. The highest BCUT2D eigenvalue weighted by Crippen LogP contribution is 2.40. The summed E-state index contributed by atoms with van der Waals surface area (Å²) in [6.07, 6.45) is 0.920. The van der Waals surface area contributed by atoms with E-state index in [4.69, 9.17) is 4.74 Å². The second kappa shape index (κ2) is 9.45. The molecule has 1 fully saturated rings. The third-order valence-corrected chi connectivity index (χ3v) is 5.65. The molecule has 2 N–H and O–H groups in total. The van der Waals surface area contributed by atoms with E-state index in [1.807, 2.05) is 18.2 Å². The lowest BCUT2D eigenvalue weighted by Gasteiger charge is -2.40. The Morgan fingerprint density at radius 1 is 1.18 bits per heavy atom. The first-order valence-corrected chi connectivity index (χ1v) is 10.5. The normalized spacial score (nSPS) is 18.9. The summed E-state index contributed by atoms with van der Waals surface area (Å²) in [4.78, 5) is 28.2. The molecular weight excluding hydrogens is 432 g/mol. The largest absolute Gasteiger partial charge is 0.438 e. The Morgan fingerprint density at radius 2 is 1.97 bits per heavy atom. The molecule has 0 saturated carbocycles. The number of likely N-dealkylation sites (tertiary alicyclic amines) is 1. The predicted octanol–water partition coefficient (Wildman–Crippen LogP) is 3.41. The number of para-hydroxylation sites is 1. The van der Waals surface area contributed by atoms with Crippen molar-refractivity contribution in [1.82, 2.24) is 20.1 Å². The van der Waals surface area contributed by atoms with Gasteiger partial charge in [-0.1, -0.05) is 24.3 Å². The van der Waals surface area contributed by atoms with Crippen LogP contribution < -0.4 is 15.6 Å². The quantitative estimate of drug-likeness (QED) is 0.591. The lowest BCUT2D eigenvalue weighted by molar-refractivity contribution is -0.125. The van der Waals surface area contributed by atoms with Gasteiger partial charge in [-0.25, -0.2) is 8.78 Å². The number of aromatic nitrogens is 3. The van der Waals surface area contributed by atoms with E-state index >= 15 is 0 Å². The van der Waals surface area contributed by atoms with Gasteiger partial charge in [0.25, 0.3) is 5.92 Å². The van der Waals surface area contributed by atoms with Gasteiger partial charge in [0.1, 0.15) is 5.75 Å². The van der Waals surface area contributed by atoms with Crippen molar-refractivity contribution in [2.75, 3.05) is 18.4 Å². The van der Waals surface area contributed by atoms with Crippen LogP contribution in [0.1, 0.15) is 24.8 Å². The molecule has 2 atom stereocenters. The third kappa shape index (κ3) is 5.40. The summed E-state index contributed by atoms with van der Waals surface area (Å²) in [5.41, 5.74) is -0.0273. The van der Waals surface area contributed by atoms with E-state index in [0.717, 1.165) is 0 Å². The molecule has 2 aromatic heterocycles. The number of nitrogens with zero attached hydrogens (tertiary/aromatic N) is 3. The number of nitrogens with one attached hydrogen (secondary N) is 2. The summed E-state index contributed by atoms with van der Waals surface area (Å²) in [6.45, 7) is 1.70. The van der Waals surface area contributed by atoms with Gasteiger partial charge in [0.2, 0.25) is 17.3 Å². The van der Waals surface area contributed by atoms with E-state index in [0.29, 0.717) is 11.3 Å². The van der Waals surface area contributed by atoms with Gasteiger partial charge < -0.3 is 15.0 Å². The maximum atomic E-state index is 14.6. The number of halogens is 2. The average Bonchev–Trinajstić information content (AvgIpc) is 2.81. The van der Waals surface area contributed by atoms with Crippen LogP contribution in [-0.4, -0.2) is 51.0 Å². The number of anilines is 1. The smallest absolute Gasteiger partial charge is 0.257 e. The van der Waals surface area contributed by atoms with Crippen LogP contribution in [0.4, 0.5) is 14.6 Å². The van der Waals surface area contributed by atoms with Crippen LogP contribution in [0, 0.1) is 0 Å². The van der Waals surface area contributed by atoms with Crippen molar-refractivity contribution in [1.29, 1.82) is 0 Å². The molecule has 0 bridgehead atoms. The minimum atomic E-state index is -2.94. The van der Waals surface area contributed by atoms with Gasteiger partial charge in [-0.15, -0.1) is 10.2 Å². The van der Waals surface area contributed by atoms with Gasteiger partial charge in [0, 0.05) is 37.8 Å². The highest BCUT2D eigenvalue weighted by Gasteiger charge is 2.46. The number of pyridine rings is 1. The number of amides is 1.